The van der Waals surface area contributed by atoms with Gasteiger partial charge in [-0.1, -0.05) is 79.9 Å². The number of carboxylic acid groups (broad SMARTS) is 5. The molecule has 0 saturated carbocycles. The number of aliphatic carboxylic acids is 5. The molecule has 15 N–H and O–H groups in total. The largest absolute Gasteiger partial charge is 0.481 e. The Hall–Kier alpha value is -8.16. The first-order valence-electron chi connectivity index (χ1n) is 23.3. The molecule has 400 valence electrons. The summed E-state index contributed by atoms with van der Waals surface area (Å²) in [5, 5.41) is 64.7. The van der Waals surface area contributed by atoms with Crippen molar-refractivity contribution in [1.29, 1.82) is 0 Å². The molecule has 7 atom stereocenters. The molecule has 0 fully saturated rings. The van der Waals surface area contributed by atoms with Gasteiger partial charge in [0.15, 0.2) is 0 Å². The molecule has 0 spiro atoms. The summed E-state index contributed by atoms with van der Waals surface area (Å²) in [5.74, 6) is -11.7. The van der Waals surface area contributed by atoms with Gasteiger partial charge in [-0.25, -0.2) is 14.4 Å². The SMILES string of the molecule is C[C@H](NC(=O)[C@H](CC(=O)O)NC(=O)[C@@H](N)CNC(=O)[C@H](Cc1ccccc1)NC(=O)[C@H](Cc1ccccc1)NC(=O)CCCCCCCNC(=O)CC[C@@H](NC(=O)N[C@H](CCC(=O)O)C(=O)O)C(=O)O)C(=O)O. The fourth-order valence-electron chi connectivity index (χ4n) is 6.80. The number of carbonyl (C=O) groups is 12. The Morgan fingerprint density at radius 2 is 0.959 bits per heavy atom. The predicted octanol–water partition coefficient (Wildman–Crippen LogP) is -1.26. The number of hydrogen-bond acceptors (Lipinski definition) is 13. The molecule has 0 radical (unpaired) electrons. The summed E-state index contributed by atoms with van der Waals surface area (Å²) >= 11 is 0. The molecule has 2 aromatic carbocycles. The van der Waals surface area contributed by atoms with Crippen molar-refractivity contribution in [3.8, 4) is 0 Å². The fraction of sp³-hybridized carbons (Fsp3) is 0.489. The van der Waals surface area contributed by atoms with Crippen LogP contribution in [0.2, 0.25) is 0 Å². The normalized spacial score (nSPS) is 13.6. The van der Waals surface area contributed by atoms with E-state index in [4.69, 9.17) is 15.9 Å². The number of rotatable bonds is 35. The van der Waals surface area contributed by atoms with Crippen LogP contribution in [0.25, 0.3) is 0 Å². The molecule has 26 nitrogen and oxygen atoms in total. The maximum atomic E-state index is 14.0. The summed E-state index contributed by atoms with van der Waals surface area (Å²) in [5.41, 5.74) is 7.34. The number of urea groups is 1. The molecule has 0 unspecified atom stereocenters. The van der Waals surface area contributed by atoms with Crippen LogP contribution in [0, 0.1) is 0 Å². The van der Waals surface area contributed by atoms with E-state index in [1.54, 1.807) is 60.7 Å². The van der Waals surface area contributed by atoms with E-state index in [0.717, 1.165) is 6.92 Å². The minimum absolute atomic E-state index is 0.0290. The van der Waals surface area contributed by atoms with Crippen LogP contribution in [0.15, 0.2) is 60.7 Å². The molecule has 73 heavy (non-hydrogen) atoms. The lowest BCUT2D eigenvalue weighted by Gasteiger charge is -2.24. The Kier molecular flexibility index (Phi) is 27.3. The van der Waals surface area contributed by atoms with Gasteiger partial charge in [-0.3, -0.25) is 43.2 Å². The van der Waals surface area contributed by atoms with Gasteiger partial charge < -0.3 is 73.8 Å². The molecule has 0 aliphatic rings. The maximum Gasteiger partial charge on any atom is 0.326 e. The van der Waals surface area contributed by atoms with Crippen molar-refractivity contribution < 1.29 is 83.1 Å². The number of unbranched alkanes of at least 4 members (excludes halogenated alkanes) is 4. The number of benzene rings is 2. The number of amides is 8. The number of carboxylic acids is 5. The zero-order valence-electron chi connectivity index (χ0n) is 40.1. The van der Waals surface area contributed by atoms with Gasteiger partial charge in [-0.15, -0.1) is 0 Å². The second-order valence-corrected chi connectivity index (χ2v) is 16.9. The molecular formula is C47H65N9O17. The van der Waals surface area contributed by atoms with Crippen molar-refractivity contribution in [2.45, 2.75) is 133 Å². The summed E-state index contributed by atoms with van der Waals surface area (Å²) in [7, 11) is 0. The lowest BCUT2D eigenvalue weighted by molar-refractivity contribution is -0.143. The third-order valence-electron chi connectivity index (χ3n) is 10.8. The van der Waals surface area contributed by atoms with E-state index in [2.05, 4.69) is 37.2 Å². The highest BCUT2D eigenvalue weighted by atomic mass is 16.4. The van der Waals surface area contributed by atoms with Gasteiger partial charge in [0.05, 0.1) is 6.42 Å². The van der Waals surface area contributed by atoms with Crippen molar-refractivity contribution in [3.63, 3.8) is 0 Å². The first-order valence-corrected chi connectivity index (χ1v) is 23.3. The minimum Gasteiger partial charge on any atom is -0.481 e. The van der Waals surface area contributed by atoms with Crippen molar-refractivity contribution in [2.24, 2.45) is 5.73 Å². The highest BCUT2D eigenvalue weighted by Gasteiger charge is 2.31. The highest BCUT2D eigenvalue weighted by Crippen LogP contribution is 2.10. The summed E-state index contributed by atoms with van der Waals surface area (Å²) in [4.78, 5) is 147. The summed E-state index contributed by atoms with van der Waals surface area (Å²) in [6, 6.07) is 6.10. The molecule has 0 saturated heterocycles. The van der Waals surface area contributed by atoms with E-state index in [-0.39, 0.29) is 38.6 Å². The molecule has 0 heterocycles. The Morgan fingerprint density at radius 3 is 1.48 bits per heavy atom. The van der Waals surface area contributed by atoms with Gasteiger partial charge in [0.25, 0.3) is 0 Å². The van der Waals surface area contributed by atoms with Gasteiger partial charge >= 0.3 is 35.9 Å². The van der Waals surface area contributed by atoms with E-state index in [9.17, 15) is 72.9 Å². The molecule has 2 rings (SSSR count). The van der Waals surface area contributed by atoms with Crippen LogP contribution in [0.3, 0.4) is 0 Å². The Bertz CT molecular complexity index is 2220. The van der Waals surface area contributed by atoms with Gasteiger partial charge in [-0.2, -0.15) is 0 Å². The molecule has 8 amide bonds. The van der Waals surface area contributed by atoms with E-state index < -0.39 is 139 Å². The fourth-order valence-corrected chi connectivity index (χ4v) is 6.80. The predicted molar refractivity (Wildman–Crippen MR) is 256 cm³/mol. The first-order chi connectivity index (χ1) is 34.6. The van der Waals surface area contributed by atoms with Gasteiger partial charge in [-0.05, 0) is 43.7 Å². The third kappa shape index (κ3) is 25.5. The average Bonchev–Trinajstić information content (AvgIpc) is 3.33. The number of hydrogen-bond donors (Lipinski definition) is 14. The molecule has 2 aromatic rings. The maximum absolute atomic E-state index is 14.0. The van der Waals surface area contributed by atoms with Crippen LogP contribution in [0.5, 0.6) is 0 Å². The van der Waals surface area contributed by atoms with Crippen molar-refractivity contribution in [2.75, 3.05) is 13.1 Å². The quantitative estimate of drug-likeness (QED) is 0.0358. The van der Waals surface area contributed by atoms with Crippen molar-refractivity contribution in [1.82, 2.24) is 42.5 Å². The second kappa shape index (κ2) is 32.7. The molecule has 0 aromatic heterocycles. The van der Waals surface area contributed by atoms with E-state index in [1.807, 2.05) is 5.32 Å². The topological polar surface area (TPSA) is 428 Å². The average molecular weight is 1030 g/mol. The van der Waals surface area contributed by atoms with Crippen LogP contribution in [0.4, 0.5) is 4.79 Å². The number of carbonyl (C=O) groups excluding carboxylic acids is 7. The van der Waals surface area contributed by atoms with Crippen molar-refractivity contribution in [3.05, 3.63) is 71.8 Å². The Labute approximate surface area is 419 Å². The van der Waals surface area contributed by atoms with Crippen LogP contribution in [0.1, 0.15) is 88.7 Å². The van der Waals surface area contributed by atoms with Crippen molar-refractivity contribution >= 4 is 71.3 Å². The molecule has 0 aliphatic carbocycles. The number of nitrogens with two attached hydrogens (primary N) is 1. The molecule has 0 aliphatic heterocycles. The Morgan fingerprint density at radius 1 is 0.466 bits per heavy atom. The molecule has 0 bridgehead atoms. The third-order valence-corrected chi connectivity index (χ3v) is 10.8. The van der Waals surface area contributed by atoms with Crippen LogP contribution in [-0.2, 0) is 65.6 Å². The zero-order chi connectivity index (χ0) is 54.5. The summed E-state index contributed by atoms with van der Waals surface area (Å²) in [6.07, 6.45) is 0.514. The first kappa shape index (κ1) is 61.0. The van der Waals surface area contributed by atoms with E-state index in [1.165, 1.54) is 0 Å². The Balaban J connectivity index is 1.94. The lowest BCUT2D eigenvalue weighted by Crippen LogP contribution is -2.58. The minimum atomic E-state index is -1.70. The van der Waals surface area contributed by atoms with Crippen LogP contribution in [-0.4, -0.2) is 152 Å². The molecular weight excluding hydrogens is 963 g/mol. The second-order valence-electron chi connectivity index (χ2n) is 16.9. The van der Waals surface area contributed by atoms with Gasteiger partial charge in [0.2, 0.25) is 35.4 Å². The number of nitrogens with one attached hydrogen (secondary N) is 8. The van der Waals surface area contributed by atoms with Crippen LogP contribution >= 0.6 is 0 Å². The van der Waals surface area contributed by atoms with E-state index >= 15 is 0 Å². The smallest absolute Gasteiger partial charge is 0.326 e. The molecule has 26 heteroatoms. The zero-order valence-corrected chi connectivity index (χ0v) is 40.1. The monoisotopic (exact) mass is 1030 g/mol. The summed E-state index contributed by atoms with van der Waals surface area (Å²) in [6.45, 7) is 0.855. The van der Waals surface area contributed by atoms with Gasteiger partial charge in [0, 0.05) is 45.2 Å². The van der Waals surface area contributed by atoms with Crippen LogP contribution < -0.4 is 48.3 Å². The highest BCUT2D eigenvalue weighted by molar-refractivity contribution is 5.95. The van der Waals surface area contributed by atoms with Gasteiger partial charge in [0.1, 0.15) is 42.3 Å². The summed E-state index contributed by atoms with van der Waals surface area (Å²) < 4.78 is 0. The standard InChI is InChI=1S/C47H65N9O17/c1-27(44(67)68)51-42(65)35(25-39(61)62)53-40(63)30(48)26-50-41(64)33(23-28-13-7-5-8-14-28)54-43(66)34(24-29-15-9-6-10-16-29)52-37(58)17-11-3-2-4-12-22-49-36(57)20-18-31(45(69)70)55-47(73)56-32(46(71)72)19-21-38(59)60/h5-10,13-16,27,30-35H,2-4,11-12,17-26,48H2,1H3,(H,49,57)(H,50,64)(H,51,65)(H,52,58)(H,53,63)(H,54,66)(H,59,60)(H,61,62)(H,67,68)(H,69,70)(H,71,72)(H2,55,56,73)/t27-,30-,31+,32+,33-,34-,35-/m0/s1. The van der Waals surface area contributed by atoms with E-state index in [0.29, 0.717) is 43.2 Å². The lowest BCUT2D eigenvalue weighted by atomic mass is 10.0.